The van der Waals surface area contributed by atoms with Crippen molar-refractivity contribution in [2.24, 2.45) is 5.73 Å². The summed E-state index contributed by atoms with van der Waals surface area (Å²) in [5.41, 5.74) is 4.93. The molecular formula is C12H14ClNO5. The van der Waals surface area contributed by atoms with Gasteiger partial charge < -0.3 is 19.9 Å². The number of carbonyl (C=O) groups is 2. The van der Waals surface area contributed by atoms with Crippen LogP contribution in [0.15, 0.2) is 24.3 Å². The van der Waals surface area contributed by atoms with E-state index in [0.717, 1.165) is 0 Å². The van der Waals surface area contributed by atoms with Gasteiger partial charge in [-0.25, -0.2) is 4.79 Å². The van der Waals surface area contributed by atoms with E-state index in [4.69, 9.17) is 31.5 Å². The van der Waals surface area contributed by atoms with Crippen LogP contribution in [0.1, 0.15) is 13.3 Å². The number of esters is 1. The summed E-state index contributed by atoms with van der Waals surface area (Å²) in [6.45, 7) is 1.34. The number of primary amides is 1. The molecule has 1 aromatic carbocycles. The number of hydrogen-bond acceptors (Lipinski definition) is 5. The molecule has 0 aliphatic heterocycles. The highest BCUT2D eigenvalue weighted by atomic mass is 35.5. The van der Waals surface area contributed by atoms with Crippen LogP contribution in [0.3, 0.4) is 0 Å². The highest BCUT2D eigenvalue weighted by molar-refractivity contribution is 6.30. The van der Waals surface area contributed by atoms with Crippen molar-refractivity contribution in [2.75, 3.05) is 6.61 Å². The predicted octanol–water partition coefficient (Wildman–Crippen LogP) is 2.09. The summed E-state index contributed by atoms with van der Waals surface area (Å²) in [5.74, 6) is 0.0304. The molecule has 0 aliphatic rings. The molecule has 0 aromatic heterocycles. The Bertz CT molecular complexity index is 434. The summed E-state index contributed by atoms with van der Waals surface area (Å²) in [7, 11) is 0. The molecule has 0 aliphatic carbocycles. The van der Waals surface area contributed by atoms with Crippen molar-refractivity contribution in [3.63, 3.8) is 0 Å². The van der Waals surface area contributed by atoms with Gasteiger partial charge in [0.05, 0.1) is 13.0 Å². The maximum absolute atomic E-state index is 10.7. The molecule has 0 fully saturated rings. The van der Waals surface area contributed by atoms with Crippen LogP contribution in [0.4, 0.5) is 4.79 Å². The number of amides is 1. The van der Waals surface area contributed by atoms with Gasteiger partial charge in [0.25, 0.3) is 0 Å². The quantitative estimate of drug-likeness (QED) is 0.639. The Kier molecular flexibility index (Phi) is 5.95. The van der Waals surface area contributed by atoms with Crippen molar-refractivity contribution in [3.8, 4) is 5.75 Å². The first-order chi connectivity index (χ1) is 8.97. The van der Waals surface area contributed by atoms with Gasteiger partial charge in [-0.3, -0.25) is 4.79 Å². The van der Waals surface area contributed by atoms with Gasteiger partial charge in [0.1, 0.15) is 5.75 Å². The third-order valence-electron chi connectivity index (χ3n) is 1.99. The zero-order valence-corrected chi connectivity index (χ0v) is 11.1. The molecule has 2 N–H and O–H groups in total. The molecule has 1 aromatic rings. The van der Waals surface area contributed by atoms with Gasteiger partial charge in [-0.05, 0) is 24.3 Å². The summed E-state index contributed by atoms with van der Waals surface area (Å²) in [5, 5.41) is 0.555. The Morgan fingerprint density at radius 1 is 1.32 bits per heavy atom. The molecule has 0 radical (unpaired) electrons. The molecule has 1 atom stereocenters. The molecule has 0 bridgehead atoms. The normalized spacial score (nSPS) is 11.5. The Morgan fingerprint density at radius 2 is 1.95 bits per heavy atom. The van der Waals surface area contributed by atoms with E-state index >= 15 is 0 Å². The zero-order valence-electron chi connectivity index (χ0n) is 10.3. The molecule has 1 rings (SSSR count). The fourth-order valence-electron chi connectivity index (χ4n) is 1.24. The van der Waals surface area contributed by atoms with Crippen molar-refractivity contribution in [1.29, 1.82) is 0 Å². The number of carbonyl (C=O) groups excluding carboxylic acids is 2. The second kappa shape index (κ2) is 7.48. The summed E-state index contributed by atoms with van der Waals surface area (Å²) < 4.78 is 14.9. The zero-order chi connectivity index (χ0) is 14.3. The van der Waals surface area contributed by atoms with Gasteiger partial charge >= 0.3 is 12.1 Å². The molecule has 7 heteroatoms. The lowest BCUT2D eigenvalue weighted by atomic mass is 10.3. The van der Waals surface area contributed by atoms with E-state index in [2.05, 4.69) is 0 Å². The lowest BCUT2D eigenvalue weighted by Gasteiger charge is -2.18. The Morgan fingerprint density at radius 3 is 2.47 bits per heavy atom. The molecule has 1 amide bonds. The molecule has 19 heavy (non-hydrogen) atoms. The third kappa shape index (κ3) is 6.52. The van der Waals surface area contributed by atoms with E-state index in [-0.39, 0.29) is 13.0 Å². The van der Waals surface area contributed by atoms with Crippen LogP contribution < -0.4 is 10.5 Å². The SMILES string of the molecule is CC(=O)OCC[C@H](OC(N)=O)Oc1ccc(Cl)cc1. The number of hydrogen-bond donors (Lipinski definition) is 1. The van der Waals surface area contributed by atoms with Crippen LogP contribution in [0, 0.1) is 0 Å². The van der Waals surface area contributed by atoms with Gasteiger partial charge in [-0.2, -0.15) is 0 Å². The first-order valence-electron chi connectivity index (χ1n) is 5.49. The molecule has 0 saturated heterocycles. The minimum Gasteiger partial charge on any atom is -0.466 e. The van der Waals surface area contributed by atoms with Gasteiger partial charge in [0.15, 0.2) is 0 Å². The second-order valence-electron chi connectivity index (χ2n) is 3.57. The smallest absolute Gasteiger partial charge is 0.407 e. The highest BCUT2D eigenvalue weighted by Crippen LogP contribution is 2.18. The van der Waals surface area contributed by atoms with Gasteiger partial charge in [0, 0.05) is 11.9 Å². The molecule has 104 valence electrons. The van der Waals surface area contributed by atoms with Crippen LogP contribution in [-0.2, 0) is 14.3 Å². The predicted molar refractivity (Wildman–Crippen MR) is 67.8 cm³/mol. The van der Waals surface area contributed by atoms with E-state index in [1.165, 1.54) is 6.92 Å². The average Bonchev–Trinajstić information content (AvgIpc) is 2.30. The number of halogens is 1. The Hall–Kier alpha value is -1.95. The van der Waals surface area contributed by atoms with Crippen molar-refractivity contribution in [3.05, 3.63) is 29.3 Å². The van der Waals surface area contributed by atoms with Crippen LogP contribution in [-0.4, -0.2) is 25.0 Å². The number of benzene rings is 1. The monoisotopic (exact) mass is 287 g/mol. The average molecular weight is 288 g/mol. The van der Waals surface area contributed by atoms with E-state index in [1.54, 1.807) is 24.3 Å². The third-order valence-corrected chi connectivity index (χ3v) is 2.24. The topological polar surface area (TPSA) is 87.9 Å². The molecule has 0 saturated carbocycles. The molecule has 0 unspecified atom stereocenters. The highest BCUT2D eigenvalue weighted by Gasteiger charge is 2.15. The van der Waals surface area contributed by atoms with Crippen molar-refractivity contribution in [2.45, 2.75) is 19.6 Å². The van der Waals surface area contributed by atoms with Gasteiger partial charge in [-0.15, -0.1) is 0 Å². The van der Waals surface area contributed by atoms with Crippen LogP contribution in [0.2, 0.25) is 5.02 Å². The van der Waals surface area contributed by atoms with Crippen molar-refractivity contribution >= 4 is 23.7 Å². The van der Waals surface area contributed by atoms with E-state index in [1.807, 2.05) is 0 Å². The molecule has 0 spiro atoms. The maximum atomic E-state index is 10.7. The second-order valence-corrected chi connectivity index (χ2v) is 4.00. The number of ether oxygens (including phenoxy) is 3. The Labute approximate surface area is 115 Å². The van der Waals surface area contributed by atoms with Crippen LogP contribution in [0.5, 0.6) is 5.75 Å². The van der Waals surface area contributed by atoms with E-state index in [0.29, 0.717) is 10.8 Å². The van der Waals surface area contributed by atoms with Gasteiger partial charge in [-0.1, -0.05) is 11.6 Å². The standard InChI is InChI=1S/C12H14ClNO5/c1-8(15)17-7-6-11(19-12(14)16)18-10-4-2-9(13)3-5-10/h2-5,11H,6-7H2,1H3,(H2,14,16)/t11-/m0/s1. The number of nitrogens with two attached hydrogens (primary N) is 1. The van der Waals surface area contributed by atoms with Crippen LogP contribution >= 0.6 is 11.6 Å². The van der Waals surface area contributed by atoms with E-state index < -0.39 is 18.4 Å². The minimum absolute atomic E-state index is 0.0564. The summed E-state index contributed by atoms with van der Waals surface area (Å²) in [6.07, 6.45) is -1.73. The van der Waals surface area contributed by atoms with Gasteiger partial charge in [0.2, 0.25) is 6.29 Å². The summed E-state index contributed by atoms with van der Waals surface area (Å²) in [4.78, 5) is 21.4. The summed E-state index contributed by atoms with van der Waals surface area (Å²) in [6, 6.07) is 6.49. The van der Waals surface area contributed by atoms with Crippen molar-refractivity contribution < 1.29 is 23.8 Å². The molecule has 6 nitrogen and oxygen atoms in total. The molecule has 0 heterocycles. The lowest BCUT2D eigenvalue weighted by Crippen LogP contribution is -2.29. The minimum atomic E-state index is -0.971. The van der Waals surface area contributed by atoms with Crippen molar-refractivity contribution in [1.82, 2.24) is 0 Å². The molecular weight excluding hydrogens is 274 g/mol. The fourth-order valence-corrected chi connectivity index (χ4v) is 1.36. The maximum Gasteiger partial charge on any atom is 0.407 e. The Balaban J connectivity index is 2.55. The largest absolute Gasteiger partial charge is 0.466 e. The first-order valence-corrected chi connectivity index (χ1v) is 5.87. The first kappa shape index (κ1) is 15.1. The lowest BCUT2D eigenvalue weighted by molar-refractivity contribution is -0.142. The number of rotatable bonds is 6. The van der Waals surface area contributed by atoms with E-state index in [9.17, 15) is 9.59 Å². The fraction of sp³-hybridized carbons (Fsp3) is 0.333. The summed E-state index contributed by atoms with van der Waals surface area (Å²) >= 11 is 5.73. The van der Waals surface area contributed by atoms with Crippen LogP contribution in [0.25, 0.3) is 0 Å².